The van der Waals surface area contributed by atoms with Crippen molar-refractivity contribution < 1.29 is 0 Å². The molecule has 4 heteroatoms. The molecule has 0 fully saturated rings. The normalized spacial score (nSPS) is 12.5. The van der Waals surface area contributed by atoms with E-state index < -0.39 is 0 Å². The molecule has 21 heavy (non-hydrogen) atoms. The second-order valence-electron chi connectivity index (χ2n) is 4.83. The fourth-order valence-corrected chi connectivity index (χ4v) is 3.11. The largest absolute Gasteiger partial charge is 0.309 e. The maximum Gasteiger partial charge on any atom is 0.0702 e. The Hall–Kier alpha value is -1.42. The van der Waals surface area contributed by atoms with Crippen LogP contribution in [0.25, 0.3) is 10.9 Å². The van der Waals surface area contributed by atoms with E-state index in [9.17, 15) is 0 Å². The summed E-state index contributed by atoms with van der Waals surface area (Å²) < 4.78 is 0.899. The average Bonchev–Trinajstić information content (AvgIpc) is 2.52. The number of hydrogen-bond acceptors (Lipinski definition) is 2. The van der Waals surface area contributed by atoms with Gasteiger partial charge in [-0.15, -0.1) is 0 Å². The molecule has 0 saturated heterocycles. The number of aromatic nitrogens is 1. The van der Waals surface area contributed by atoms with Crippen molar-refractivity contribution >= 4 is 38.4 Å². The predicted molar refractivity (Wildman–Crippen MR) is 91.8 cm³/mol. The minimum absolute atomic E-state index is 0.00658. The lowest BCUT2D eigenvalue weighted by molar-refractivity contribution is 0.690. The van der Waals surface area contributed by atoms with Gasteiger partial charge in [-0.25, -0.2) is 0 Å². The van der Waals surface area contributed by atoms with Crippen LogP contribution in [0.15, 0.2) is 59.2 Å². The second-order valence-corrected chi connectivity index (χ2v) is 6.06. The summed E-state index contributed by atoms with van der Waals surface area (Å²) >= 11 is 9.91. The molecule has 1 aromatic heterocycles. The van der Waals surface area contributed by atoms with Crippen LogP contribution >= 0.6 is 27.5 Å². The highest BCUT2D eigenvalue weighted by atomic mass is 79.9. The lowest BCUT2D eigenvalue weighted by Crippen LogP contribution is -2.18. The zero-order valence-corrected chi connectivity index (χ0v) is 13.8. The topological polar surface area (TPSA) is 24.9 Å². The summed E-state index contributed by atoms with van der Waals surface area (Å²) in [6.45, 7) is 0. The lowest BCUT2D eigenvalue weighted by Gasteiger charge is -2.19. The molecule has 0 aliphatic heterocycles. The Morgan fingerprint density at radius 2 is 1.95 bits per heavy atom. The van der Waals surface area contributed by atoms with Gasteiger partial charge in [0.2, 0.25) is 0 Å². The van der Waals surface area contributed by atoms with Gasteiger partial charge < -0.3 is 5.32 Å². The molecule has 1 unspecified atom stereocenters. The Morgan fingerprint density at radius 1 is 1.14 bits per heavy atom. The Balaban J connectivity index is 2.11. The first-order valence-electron chi connectivity index (χ1n) is 6.66. The quantitative estimate of drug-likeness (QED) is 0.713. The Bertz CT molecular complexity index is 789. The number of halogens is 2. The summed E-state index contributed by atoms with van der Waals surface area (Å²) in [4.78, 5) is 4.53. The van der Waals surface area contributed by atoms with Crippen LogP contribution in [0.1, 0.15) is 17.2 Å². The predicted octanol–water partition coefficient (Wildman–Crippen LogP) is 4.96. The van der Waals surface area contributed by atoms with Crippen molar-refractivity contribution in [2.45, 2.75) is 6.04 Å². The molecule has 106 valence electrons. The molecule has 3 aromatic rings. The average molecular weight is 362 g/mol. The van der Waals surface area contributed by atoms with Crippen molar-refractivity contribution in [1.29, 1.82) is 0 Å². The van der Waals surface area contributed by atoms with E-state index in [1.807, 2.05) is 49.6 Å². The molecule has 1 heterocycles. The van der Waals surface area contributed by atoms with Crippen LogP contribution in [-0.4, -0.2) is 12.0 Å². The lowest BCUT2D eigenvalue weighted by atomic mass is 9.99. The summed E-state index contributed by atoms with van der Waals surface area (Å²) in [5.74, 6) is 0. The fourth-order valence-electron chi connectivity index (χ4n) is 2.49. The first kappa shape index (κ1) is 14.5. The zero-order valence-electron chi connectivity index (χ0n) is 11.5. The van der Waals surface area contributed by atoms with Crippen LogP contribution in [-0.2, 0) is 0 Å². The molecular weight excluding hydrogens is 348 g/mol. The minimum atomic E-state index is 0.00658. The molecule has 1 atom stereocenters. The van der Waals surface area contributed by atoms with E-state index >= 15 is 0 Å². The van der Waals surface area contributed by atoms with Crippen molar-refractivity contribution in [3.05, 3.63) is 75.4 Å². The molecule has 0 aliphatic rings. The SMILES string of the molecule is CNC(c1cnc2ccccc2c1)c1cccc(Br)c1Cl. The van der Waals surface area contributed by atoms with Crippen LogP contribution < -0.4 is 5.32 Å². The highest BCUT2D eigenvalue weighted by Gasteiger charge is 2.17. The van der Waals surface area contributed by atoms with Gasteiger partial charge in [0.25, 0.3) is 0 Å². The van der Waals surface area contributed by atoms with Gasteiger partial charge in [0.05, 0.1) is 16.6 Å². The number of pyridine rings is 1. The molecular formula is C17H14BrClN2. The Kier molecular flexibility index (Phi) is 4.24. The van der Waals surface area contributed by atoms with E-state index in [1.54, 1.807) is 0 Å². The van der Waals surface area contributed by atoms with Gasteiger partial charge in [-0.1, -0.05) is 41.9 Å². The number of nitrogens with zero attached hydrogens (tertiary/aromatic N) is 1. The van der Waals surface area contributed by atoms with Gasteiger partial charge in [-0.3, -0.25) is 4.98 Å². The number of fused-ring (bicyclic) bond motifs is 1. The molecule has 0 radical (unpaired) electrons. The Labute approximate surface area is 137 Å². The monoisotopic (exact) mass is 360 g/mol. The number of para-hydroxylation sites is 1. The fraction of sp³-hybridized carbons (Fsp3) is 0.118. The first-order chi connectivity index (χ1) is 10.2. The highest BCUT2D eigenvalue weighted by Crippen LogP contribution is 2.33. The van der Waals surface area contributed by atoms with Crippen LogP contribution in [0, 0.1) is 0 Å². The summed E-state index contributed by atoms with van der Waals surface area (Å²) in [7, 11) is 1.93. The van der Waals surface area contributed by atoms with E-state index in [0.717, 1.165) is 31.5 Å². The van der Waals surface area contributed by atoms with Gasteiger partial charge in [0, 0.05) is 16.1 Å². The molecule has 3 rings (SSSR count). The highest BCUT2D eigenvalue weighted by molar-refractivity contribution is 9.10. The molecule has 1 N–H and O–H groups in total. The third-order valence-electron chi connectivity index (χ3n) is 3.53. The van der Waals surface area contributed by atoms with Gasteiger partial charge >= 0.3 is 0 Å². The maximum atomic E-state index is 6.43. The molecule has 2 aromatic carbocycles. The van der Waals surface area contributed by atoms with Crippen molar-refractivity contribution in [2.75, 3.05) is 7.05 Å². The van der Waals surface area contributed by atoms with E-state index in [-0.39, 0.29) is 6.04 Å². The standard InChI is InChI=1S/C17H14BrClN2/c1-20-17(13-6-4-7-14(18)16(13)19)12-9-11-5-2-3-8-15(11)21-10-12/h2-10,17,20H,1H3. The van der Waals surface area contributed by atoms with Crippen LogP contribution in [0.4, 0.5) is 0 Å². The summed E-state index contributed by atoms with van der Waals surface area (Å²) in [6.07, 6.45) is 1.90. The van der Waals surface area contributed by atoms with Gasteiger partial charge in [0.1, 0.15) is 0 Å². The molecule has 0 bridgehead atoms. The van der Waals surface area contributed by atoms with Crippen molar-refractivity contribution in [3.63, 3.8) is 0 Å². The van der Waals surface area contributed by atoms with E-state index in [4.69, 9.17) is 11.6 Å². The van der Waals surface area contributed by atoms with Crippen molar-refractivity contribution in [1.82, 2.24) is 10.3 Å². The van der Waals surface area contributed by atoms with E-state index in [0.29, 0.717) is 0 Å². The number of benzene rings is 2. The Morgan fingerprint density at radius 3 is 2.76 bits per heavy atom. The second kappa shape index (κ2) is 6.14. The van der Waals surface area contributed by atoms with Crippen LogP contribution in [0.2, 0.25) is 5.02 Å². The number of rotatable bonds is 3. The third-order valence-corrected chi connectivity index (χ3v) is 4.84. The smallest absolute Gasteiger partial charge is 0.0702 e. The molecule has 0 amide bonds. The van der Waals surface area contributed by atoms with Crippen LogP contribution in [0.3, 0.4) is 0 Å². The molecule has 0 spiro atoms. The van der Waals surface area contributed by atoms with Gasteiger partial charge in [0.15, 0.2) is 0 Å². The minimum Gasteiger partial charge on any atom is -0.309 e. The summed E-state index contributed by atoms with van der Waals surface area (Å²) in [6, 6.07) is 16.2. The molecule has 0 saturated carbocycles. The number of nitrogens with one attached hydrogen (secondary N) is 1. The summed E-state index contributed by atoms with van der Waals surface area (Å²) in [5, 5.41) is 5.18. The van der Waals surface area contributed by atoms with Crippen molar-refractivity contribution in [3.8, 4) is 0 Å². The zero-order chi connectivity index (χ0) is 14.8. The number of hydrogen-bond donors (Lipinski definition) is 1. The molecule has 0 aliphatic carbocycles. The van der Waals surface area contributed by atoms with Crippen LogP contribution in [0.5, 0.6) is 0 Å². The first-order valence-corrected chi connectivity index (χ1v) is 7.83. The summed E-state index contributed by atoms with van der Waals surface area (Å²) in [5.41, 5.74) is 3.12. The van der Waals surface area contributed by atoms with Gasteiger partial charge in [-0.05, 0) is 52.3 Å². The van der Waals surface area contributed by atoms with Crippen molar-refractivity contribution in [2.24, 2.45) is 0 Å². The van der Waals surface area contributed by atoms with Gasteiger partial charge in [-0.2, -0.15) is 0 Å². The third kappa shape index (κ3) is 2.82. The maximum absolute atomic E-state index is 6.43. The van der Waals surface area contributed by atoms with E-state index in [1.165, 1.54) is 0 Å². The molecule has 2 nitrogen and oxygen atoms in total. The van der Waals surface area contributed by atoms with E-state index in [2.05, 4.69) is 38.4 Å².